The maximum Gasteiger partial charge on any atom is 0.213 e. The largest absolute Gasteiger partial charge is 0.478 e. The van der Waals surface area contributed by atoms with Crippen molar-refractivity contribution in [1.82, 2.24) is 4.98 Å². The van der Waals surface area contributed by atoms with E-state index in [1.807, 2.05) is 6.07 Å². The summed E-state index contributed by atoms with van der Waals surface area (Å²) in [5, 5.41) is 0.649. The summed E-state index contributed by atoms with van der Waals surface area (Å²) in [6.07, 6.45) is 6.91. The molecule has 0 aliphatic heterocycles. The van der Waals surface area contributed by atoms with Crippen molar-refractivity contribution in [2.24, 2.45) is 5.92 Å². The Morgan fingerprint density at radius 1 is 1.43 bits per heavy atom. The number of hydrogen-bond donors (Lipinski definition) is 0. The van der Waals surface area contributed by atoms with E-state index >= 15 is 0 Å². The molecule has 0 radical (unpaired) electrons. The third-order valence-corrected chi connectivity index (χ3v) is 2.92. The van der Waals surface area contributed by atoms with Crippen molar-refractivity contribution in [3.05, 3.63) is 23.4 Å². The van der Waals surface area contributed by atoms with Gasteiger partial charge < -0.3 is 4.74 Å². The highest BCUT2D eigenvalue weighted by molar-refractivity contribution is 6.30. The van der Waals surface area contributed by atoms with E-state index in [2.05, 4.69) is 4.98 Å². The van der Waals surface area contributed by atoms with Crippen LogP contribution in [0.5, 0.6) is 5.88 Å². The second-order valence-corrected chi connectivity index (χ2v) is 4.19. The van der Waals surface area contributed by atoms with Gasteiger partial charge in [-0.15, -0.1) is 0 Å². The highest BCUT2D eigenvalue weighted by Crippen LogP contribution is 2.29. The molecule has 2 nitrogen and oxygen atoms in total. The molecule has 1 aromatic heterocycles. The van der Waals surface area contributed by atoms with E-state index in [-0.39, 0.29) is 0 Å². The van der Waals surface area contributed by atoms with Gasteiger partial charge in [-0.25, -0.2) is 4.98 Å². The molecule has 0 aromatic carbocycles. The van der Waals surface area contributed by atoms with Gasteiger partial charge in [0.1, 0.15) is 0 Å². The Morgan fingerprint density at radius 3 is 2.86 bits per heavy atom. The Kier molecular flexibility index (Phi) is 3.25. The highest BCUT2D eigenvalue weighted by atomic mass is 35.5. The van der Waals surface area contributed by atoms with Crippen molar-refractivity contribution in [3.63, 3.8) is 0 Å². The molecule has 0 spiro atoms. The molecule has 1 heterocycles. The summed E-state index contributed by atoms with van der Waals surface area (Å²) in [6, 6.07) is 3.61. The van der Waals surface area contributed by atoms with E-state index < -0.39 is 0 Å². The molecule has 0 unspecified atom stereocenters. The number of ether oxygens (including phenoxy) is 1. The molecule has 2 rings (SSSR count). The molecule has 0 atom stereocenters. The van der Waals surface area contributed by atoms with Crippen LogP contribution in [0.25, 0.3) is 0 Å². The first-order valence-corrected chi connectivity index (χ1v) is 5.47. The van der Waals surface area contributed by atoms with Crippen molar-refractivity contribution < 1.29 is 4.74 Å². The summed E-state index contributed by atoms with van der Waals surface area (Å²) >= 11 is 5.71. The summed E-state index contributed by atoms with van der Waals surface area (Å²) in [6.45, 7) is 0.777. The minimum absolute atomic E-state index is 0.649. The van der Waals surface area contributed by atoms with Gasteiger partial charge in [0.25, 0.3) is 0 Å². The van der Waals surface area contributed by atoms with E-state index in [0.717, 1.165) is 18.9 Å². The first-order chi connectivity index (χ1) is 6.84. The van der Waals surface area contributed by atoms with Crippen LogP contribution in [-0.2, 0) is 0 Å². The van der Waals surface area contributed by atoms with Crippen LogP contribution >= 0.6 is 11.6 Å². The Hall–Kier alpha value is -0.760. The van der Waals surface area contributed by atoms with Crippen LogP contribution in [0.1, 0.15) is 25.7 Å². The van der Waals surface area contributed by atoms with Crippen molar-refractivity contribution in [3.8, 4) is 5.88 Å². The standard InChI is InChI=1S/C11H14ClNO/c12-10-4-5-11(13-8-10)14-7-6-9-2-1-3-9/h4-5,8-9H,1-3,6-7H2. The number of pyridine rings is 1. The van der Waals surface area contributed by atoms with Gasteiger partial charge in [0.05, 0.1) is 11.6 Å². The predicted octanol–water partition coefficient (Wildman–Crippen LogP) is 3.30. The molecule has 3 heteroatoms. The summed E-state index contributed by atoms with van der Waals surface area (Å²) in [7, 11) is 0. The molecule has 1 aromatic rings. The van der Waals surface area contributed by atoms with Crippen molar-refractivity contribution in [1.29, 1.82) is 0 Å². The maximum absolute atomic E-state index is 5.71. The second kappa shape index (κ2) is 4.65. The Balaban J connectivity index is 1.71. The van der Waals surface area contributed by atoms with E-state index in [1.165, 1.54) is 19.3 Å². The summed E-state index contributed by atoms with van der Waals surface area (Å²) in [5.74, 6) is 1.57. The molecule has 0 N–H and O–H groups in total. The lowest BCUT2D eigenvalue weighted by molar-refractivity contribution is 0.217. The van der Waals surface area contributed by atoms with Gasteiger partial charge in [-0.3, -0.25) is 0 Å². The molecule has 0 bridgehead atoms. The minimum Gasteiger partial charge on any atom is -0.478 e. The first kappa shape index (κ1) is 9.78. The fraction of sp³-hybridized carbons (Fsp3) is 0.545. The van der Waals surface area contributed by atoms with Gasteiger partial charge >= 0.3 is 0 Å². The maximum atomic E-state index is 5.71. The molecular weight excluding hydrogens is 198 g/mol. The second-order valence-electron chi connectivity index (χ2n) is 3.75. The van der Waals surface area contributed by atoms with Gasteiger partial charge in [-0.2, -0.15) is 0 Å². The first-order valence-electron chi connectivity index (χ1n) is 5.09. The van der Waals surface area contributed by atoms with E-state index in [4.69, 9.17) is 16.3 Å². The molecule has 1 aliphatic rings. The van der Waals surface area contributed by atoms with E-state index in [1.54, 1.807) is 12.3 Å². The molecule has 1 fully saturated rings. The van der Waals surface area contributed by atoms with Gasteiger partial charge in [0.2, 0.25) is 5.88 Å². The topological polar surface area (TPSA) is 22.1 Å². The zero-order valence-electron chi connectivity index (χ0n) is 8.08. The van der Waals surface area contributed by atoms with Crippen LogP contribution in [0.4, 0.5) is 0 Å². The molecule has 1 aliphatic carbocycles. The number of nitrogens with zero attached hydrogens (tertiary/aromatic N) is 1. The number of halogens is 1. The molecule has 1 saturated carbocycles. The smallest absolute Gasteiger partial charge is 0.213 e. The van der Waals surface area contributed by atoms with Crippen LogP contribution in [0, 0.1) is 5.92 Å². The molecule has 0 amide bonds. The average molecular weight is 212 g/mol. The summed E-state index contributed by atoms with van der Waals surface area (Å²) in [4.78, 5) is 4.06. The zero-order valence-corrected chi connectivity index (χ0v) is 8.83. The molecule has 0 saturated heterocycles. The number of hydrogen-bond acceptors (Lipinski definition) is 2. The van der Waals surface area contributed by atoms with Crippen LogP contribution < -0.4 is 4.74 Å². The number of aromatic nitrogens is 1. The van der Waals surface area contributed by atoms with Gasteiger partial charge in [-0.1, -0.05) is 30.9 Å². The van der Waals surface area contributed by atoms with Gasteiger partial charge in [-0.05, 0) is 18.4 Å². The monoisotopic (exact) mass is 211 g/mol. The van der Waals surface area contributed by atoms with Gasteiger partial charge in [0, 0.05) is 12.3 Å². The normalized spacial score (nSPS) is 16.4. The van der Waals surface area contributed by atoms with Crippen molar-refractivity contribution in [2.75, 3.05) is 6.61 Å². The third kappa shape index (κ3) is 2.61. The minimum atomic E-state index is 0.649. The average Bonchev–Trinajstić information content (AvgIpc) is 2.12. The van der Waals surface area contributed by atoms with Crippen LogP contribution in [-0.4, -0.2) is 11.6 Å². The lowest BCUT2D eigenvalue weighted by atomic mass is 9.83. The summed E-state index contributed by atoms with van der Waals surface area (Å²) in [5.41, 5.74) is 0. The zero-order chi connectivity index (χ0) is 9.80. The molecule has 76 valence electrons. The molecular formula is C11H14ClNO. The van der Waals surface area contributed by atoms with Crippen LogP contribution in [0.2, 0.25) is 5.02 Å². The third-order valence-electron chi connectivity index (χ3n) is 2.70. The van der Waals surface area contributed by atoms with E-state index in [0.29, 0.717) is 10.9 Å². The quantitative estimate of drug-likeness (QED) is 0.763. The van der Waals surface area contributed by atoms with Crippen molar-refractivity contribution >= 4 is 11.6 Å². The Bertz CT molecular complexity index is 282. The Morgan fingerprint density at radius 2 is 2.29 bits per heavy atom. The fourth-order valence-corrected chi connectivity index (χ4v) is 1.67. The SMILES string of the molecule is Clc1ccc(OCCC2CCC2)nc1. The lowest BCUT2D eigenvalue weighted by Gasteiger charge is -2.24. The Labute approximate surface area is 89.3 Å². The van der Waals surface area contributed by atoms with Crippen molar-refractivity contribution in [2.45, 2.75) is 25.7 Å². The molecule has 14 heavy (non-hydrogen) atoms. The predicted molar refractivity (Wildman–Crippen MR) is 56.7 cm³/mol. The van der Waals surface area contributed by atoms with Gasteiger partial charge in [0.15, 0.2) is 0 Å². The highest BCUT2D eigenvalue weighted by Gasteiger charge is 2.16. The van der Waals surface area contributed by atoms with Crippen LogP contribution in [0.15, 0.2) is 18.3 Å². The fourth-order valence-electron chi connectivity index (χ4n) is 1.56. The van der Waals surface area contributed by atoms with Crippen LogP contribution in [0.3, 0.4) is 0 Å². The summed E-state index contributed by atoms with van der Waals surface area (Å²) < 4.78 is 5.50. The van der Waals surface area contributed by atoms with E-state index in [9.17, 15) is 0 Å². The number of rotatable bonds is 4. The lowest BCUT2D eigenvalue weighted by Crippen LogP contribution is -2.14.